The van der Waals surface area contributed by atoms with Crippen molar-refractivity contribution in [1.29, 1.82) is 0 Å². The van der Waals surface area contributed by atoms with E-state index >= 15 is 0 Å². The standard InChI is InChI=1S/C21H20N2O3S2/c1-26-21-16(3-2-7-22-21)15-4-5-19-17(9-15)18-11-23(10-14-6-8-27-13-14)12-20(18)28(19,24)25/h2-9,13,18,20H,10-12H2,1H3/t18-,20+/m1/s1. The molecular weight excluding hydrogens is 392 g/mol. The lowest BCUT2D eigenvalue weighted by molar-refractivity contribution is 0.326. The van der Waals surface area contributed by atoms with Crippen molar-refractivity contribution in [2.24, 2.45) is 0 Å². The van der Waals surface area contributed by atoms with Crippen molar-refractivity contribution in [2.75, 3.05) is 20.2 Å². The van der Waals surface area contributed by atoms with Crippen LogP contribution in [0.5, 0.6) is 5.88 Å². The normalized spacial score (nSPS) is 22.8. The fourth-order valence-electron chi connectivity index (χ4n) is 4.44. The molecule has 7 heteroatoms. The van der Waals surface area contributed by atoms with Crippen LogP contribution >= 0.6 is 11.3 Å². The van der Waals surface area contributed by atoms with Crippen LogP contribution < -0.4 is 4.74 Å². The molecule has 28 heavy (non-hydrogen) atoms. The average Bonchev–Trinajstić information content (AvgIpc) is 3.41. The van der Waals surface area contributed by atoms with Gasteiger partial charge in [0.15, 0.2) is 9.84 Å². The van der Waals surface area contributed by atoms with Gasteiger partial charge in [-0.1, -0.05) is 6.07 Å². The van der Waals surface area contributed by atoms with E-state index in [4.69, 9.17) is 4.74 Å². The van der Waals surface area contributed by atoms with Crippen LogP contribution in [0.2, 0.25) is 0 Å². The first-order chi connectivity index (χ1) is 13.6. The molecule has 0 radical (unpaired) electrons. The van der Waals surface area contributed by atoms with Gasteiger partial charge in [-0.2, -0.15) is 11.3 Å². The first-order valence-electron chi connectivity index (χ1n) is 9.18. The summed E-state index contributed by atoms with van der Waals surface area (Å²) >= 11 is 1.67. The van der Waals surface area contributed by atoms with Crippen molar-refractivity contribution < 1.29 is 13.2 Å². The number of rotatable bonds is 4. The molecule has 0 saturated carbocycles. The summed E-state index contributed by atoms with van der Waals surface area (Å²) in [4.78, 5) is 7.02. The molecule has 4 heterocycles. The largest absolute Gasteiger partial charge is 0.481 e. The zero-order chi connectivity index (χ0) is 19.3. The van der Waals surface area contributed by atoms with Gasteiger partial charge >= 0.3 is 0 Å². The molecule has 2 atom stereocenters. The Labute approximate surface area is 168 Å². The van der Waals surface area contributed by atoms with Gasteiger partial charge in [-0.15, -0.1) is 0 Å². The van der Waals surface area contributed by atoms with E-state index in [-0.39, 0.29) is 11.2 Å². The van der Waals surface area contributed by atoms with E-state index < -0.39 is 9.84 Å². The molecule has 3 aromatic rings. The minimum absolute atomic E-state index is 0.0150. The summed E-state index contributed by atoms with van der Waals surface area (Å²) in [6.07, 6.45) is 1.69. The van der Waals surface area contributed by atoms with Gasteiger partial charge in [0.05, 0.1) is 17.3 Å². The lowest BCUT2D eigenvalue weighted by atomic mass is 9.95. The van der Waals surface area contributed by atoms with Crippen molar-refractivity contribution >= 4 is 21.2 Å². The third kappa shape index (κ3) is 2.77. The minimum atomic E-state index is -3.30. The first-order valence-corrected chi connectivity index (χ1v) is 11.7. The fraction of sp³-hybridized carbons (Fsp3) is 0.286. The van der Waals surface area contributed by atoms with Gasteiger partial charge in [-0.05, 0) is 57.8 Å². The Balaban J connectivity index is 1.52. The molecule has 5 rings (SSSR count). The van der Waals surface area contributed by atoms with Gasteiger partial charge in [-0.25, -0.2) is 13.4 Å². The average molecular weight is 413 g/mol. The van der Waals surface area contributed by atoms with Gasteiger partial charge in [0.2, 0.25) is 5.88 Å². The second-order valence-electron chi connectivity index (χ2n) is 7.33. The molecule has 1 saturated heterocycles. The van der Waals surface area contributed by atoms with E-state index in [9.17, 15) is 8.42 Å². The molecule has 2 aromatic heterocycles. The van der Waals surface area contributed by atoms with Crippen LogP contribution in [0, 0.1) is 0 Å². The predicted octanol–water partition coefficient (Wildman–Crippen LogP) is 3.57. The van der Waals surface area contributed by atoms with E-state index in [1.54, 1.807) is 30.7 Å². The molecule has 0 aliphatic carbocycles. The van der Waals surface area contributed by atoms with E-state index in [1.807, 2.05) is 24.3 Å². The maximum atomic E-state index is 13.1. The Hall–Kier alpha value is -2.22. The van der Waals surface area contributed by atoms with Crippen LogP contribution in [0.4, 0.5) is 0 Å². The molecule has 0 amide bonds. The number of thiophene rings is 1. The van der Waals surface area contributed by atoms with Gasteiger partial charge < -0.3 is 4.74 Å². The molecule has 0 N–H and O–H groups in total. The number of sulfone groups is 1. The van der Waals surface area contributed by atoms with Crippen LogP contribution in [0.3, 0.4) is 0 Å². The van der Waals surface area contributed by atoms with Gasteiger partial charge in [0.25, 0.3) is 0 Å². The lowest BCUT2D eigenvalue weighted by Crippen LogP contribution is -2.25. The van der Waals surface area contributed by atoms with E-state index in [1.165, 1.54) is 5.56 Å². The lowest BCUT2D eigenvalue weighted by Gasteiger charge is -2.17. The van der Waals surface area contributed by atoms with Crippen molar-refractivity contribution in [3.8, 4) is 17.0 Å². The van der Waals surface area contributed by atoms with E-state index in [0.717, 1.165) is 29.8 Å². The predicted molar refractivity (Wildman–Crippen MR) is 110 cm³/mol. The number of aromatic nitrogens is 1. The topological polar surface area (TPSA) is 59.5 Å². The second kappa shape index (κ2) is 6.69. The number of hydrogen-bond donors (Lipinski definition) is 0. The maximum absolute atomic E-state index is 13.1. The highest BCUT2D eigenvalue weighted by atomic mass is 32.2. The molecular formula is C21H20N2O3S2. The smallest absolute Gasteiger partial charge is 0.221 e. The molecule has 2 aliphatic rings. The quantitative estimate of drug-likeness (QED) is 0.656. The molecule has 1 aromatic carbocycles. The first kappa shape index (κ1) is 17.8. The molecule has 2 aliphatic heterocycles. The molecule has 0 unspecified atom stereocenters. The number of hydrogen-bond acceptors (Lipinski definition) is 6. The Kier molecular flexibility index (Phi) is 4.26. The summed E-state index contributed by atoms with van der Waals surface area (Å²) in [5.74, 6) is 0.562. The van der Waals surface area contributed by atoms with Crippen molar-refractivity contribution in [3.63, 3.8) is 0 Å². The maximum Gasteiger partial charge on any atom is 0.221 e. The molecule has 1 fully saturated rings. The summed E-state index contributed by atoms with van der Waals surface area (Å²) in [6, 6.07) is 11.6. The van der Waals surface area contributed by atoms with Crippen molar-refractivity contribution in [1.82, 2.24) is 9.88 Å². The molecule has 0 spiro atoms. The fourth-order valence-corrected chi connectivity index (χ4v) is 7.29. The van der Waals surface area contributed by atoms with Crippen molar-refractivity contribution in [3.05, 3.63) is 64.5 Å². The zero-order valence-corrected chi connectivity index (χ0v) is 17.0. The number of likely N-dealkylation sites (tertiary alicyclic amines) is 1. The van der Waals surface area contributed by atoms with Crippen molar-refractivity contribution in [2.45, 2.75) is 22.6 Å². The number of ether oxygens (including phenoxy) is 1. The monoisotopic (exact) mass is 412 g/mol. The van der Waals surface area contributed by atoms with Gasteiger partial charge in [0.1, 0.15) is 0 Å². The number of fused-ring (bicyclic) bond motifs is 3. The second-order valence-corrected chi connectivity index (χ2v) is 10.2. The zero-order valence-electron chi connectivity index (χ0n) is 15.4. The van der Waals surface area contributed by atoms with Gasteiger partial charge in [-0.3, -0.25) is 4.90 Å². The number of benzene rings is 1. The molecule has 144 valence electrons. The number of nitrogens with zero attached hydrogens (tertiary/aromatic N) is 2. The Bertz CT molecular complexity index is 1130. The Morgan fingerprint density at radius 3 is 2.93 bits per heavy atom. The van der Waals surface area contributed by atoms with E-state index in [2.05, 4.69) is 26.7 Å². The minimum Gasteiger partial charge on any atom is -0.481 e. The van der Waals surface area contributed by atoms with Crippen LogP contribution in [-0.2, 0) is 16.4 Å². The highest BCUT2D eigenvalue weighted by Gasteiger charge is 2.50. The third-order valence-corrected chi connectivity index (χ3v) is 8.71. The molecule has 0 bridgehead atoms. The SMILES string of the molecule is COc1ncccc1-c1ccc2c(c1)[C@H]1CN(Cc3ccsc3)C[C@@H]1S2(=O)=O. The highest BCUT2D eigenvalue weighted by molar-refractivity contribution is 7.92. The van der Waals surface area contributed by atoms with Crippen LogP contribution in [0.15, 0.2) is 58.3 Å². The Morgan fingerprint density at radius 2 is 2.14 bits per heavy atom. The summed E-state index contributed by atoms with van der Waals surface area (Å²) in [5, 5.41) is 3.84. The van der Waals surface area contributed by atoms with Crippen LogP contribution in [0.25, 0.3) is 11.1 Å². The summed E-state index contributed by atoms with van der Waals surface area (Å²) in [6.45, 7) is 2.15. The summed E-state index contributed by atoms with van der Waals surface area (Å²) in [7, 11) is -1.70. The van der Waals surface area contributed by atoms with Gasteiger partial charge in [0, 0.05) is 37.3 Å². The third-order valence-electron chi connectivity index (χ3n) is 5.72. The number of methoxy groups -OCH3 is 1. The highest BCUT2D eigenvalue weighted by Crippen LogP contribution is 2.46. The Morgan fingerprint density at radius 1 is 1.25 bits per heavy atom. The summed E-state index contributed by atoms with van der Waals surface area (Å²) < 4.78 is 31.6. The van der Waals surface area contributed by atoms with Crippen LogP contribution in [-0.4, -0.2) is 43.8 Å². The number of pyridine rings is 1. The summed E-state index contributed by atoms with van der Waals surface area (Å²) in [5.41, 5.74) is 4.00. The van der Waals surface area contributed by atoms with Crippen LogP contribution in [0.1, 0.15) is 17.0 Å². The van der Waals surface area contributed by atoms with E-state index in [0.29, 0.717) is 17.3 Å². The molecule has 5 nitrogen and oxygen atoms in total.